The van der Waals surface area contributed by atoms with Crippen LogP contribution >= 0.6 is 0 Å². The van der Waals surface area contributed by atoms with Gasteiger partial charge in [0.05, 0.1) is 7.11 Å². The third kappa shape index (κ3) is 1.68. The number of methoxy groups -OCH3 is 1. The quantitative estimate of drug-likeness (QED) is 0.825. The van der Waals surface area contributed by atoms with Gasteiger partial charge in [-0.05, 0) is 18.2 Å². The minimum atomic E-state index is 0.0281. The number of oxazole rings is 1. The number of nitrogens with zero attached hydrogens (tertiary/aromatic N) is 2. The SMILES string of the molecule is COc1cccc(-c2nc(C#N)c(N)o2)c1. The lowest BCUT2D eigenvalue weighted by molar-refractivity contribution is 0.415. The van der Waals surface area contributed by atoms with Crippen molar-refractivity contribution >= 4 is 5.88 Å². The summed E-state index contributed by atoms with van der Waals surface area (Å²) >= 11 is 0. The normalized spacial score (nSPS) is 9.75. The second kappa shape index (κ2) is 3.95. The van der Waals surface area contributed by atoms with Crippen molar-refractivity contribution in [1.29, 1.82) is 5.26 Å². The molecule has 0 atom stereocenters. The van der Waals surface area contributed by atoms with Crippen molar-refractivity contribution in [3.8, 4) is 23.3 Å². The first-order chi connectivity index (χ1) is 7.74. The molecule has 0 spiro atoms. The summed E-state index contributed by atoms with van der Waals surface area (Å²) in [7, 11) is 1.57. The van der Waals surface area contributed by atoms with Gasteiger partial charge in [-0.1, -0.05) is 6.07 Å². The molecule has 0 amide bonds. The predicted octanol–water partition coefficient (Wildman–Crippen LogP) is 1.80. The van der Waals surface area contributed by atoms with E-state index in [0.717, 1.165) is 0 Å². The van der Waals surface area contributed by atoms with Crippen LogP contribution in [0.1, 0.15) is 5.69 Å². The van der Waals surface area contributed by atoms with Crippen LogP contribution in [-0.2, 0) is 0 Å². The van der Waals surface area contributed by atoms with Crippen LogP contribution in [0, 0.1) is 11.3 Å². The maximum Gasteiger partial charge on any atom is 0.230 e. The molecule has 2 rings (SSSR count). The molecule has 2 N–H and O–H groups in total. The van der Waals surface area contributed by atoms with E-state index in [1.165, 1.54) is 0 Å². The molecule has 0 aliphatic carbocycles. The lowest BCUT2D eigenvalue weighted by Gasteiger charge is -2.00. The maximum absolute atomic E-state index is 8.70. The fourth-order valence-corrected chi connectivity index (χ4v) is 1.29. The van der Waals surface area contributed by atoms with Crippen molar-refractivity contribution in [3.05, 3.63) is 30.0 Å². The fraction of sp³-hybridized carbons (Fsp3) is 0.0909. The molecule has 0 aliphatic heterocycles. The van der Waals surface area contributed by atoms with Gasteiger partial charge in [0.15, 0.2) is 0 Å². The Kier molecular flexibility index (Phi) is 2.48. The number of hydrogen-bond acceptors (Lipinski definition) is 5. The number of ether oxygens (including phenoxy) is 1. The van der Waals surface area contributed by atoms with Gasteiger partial charge >= 0.3 is 0 Å². The van der Waals surface area contributed by atoms with Gasteiger partial charge in [0.2, 0.25) is 17.5 Å². The van der Waals surface area contributed by atoms with Gasteiger partial charge in [-0.15, -0.1) is 0 Å². The zero-order valence-corrected chi connectivity index (χ0v) is 8.60. The van der Waals surface area contributed by atoms with Gasteiger partial charge in [-0.2, -0.15) is 10.2 Å². The average Bonchev–Trinajstić information content (AvgIpc) is 2.71. The van der Waals surface area contributed by atoms with Crippen molar-refractivity contribution in [2.75, 3.05) is 12.8 Å². The van der Waals surface area contributed by atoms with Crippen LogP contribution in [0.4, 0.5) is 5.88 Å². The van der Waals surface area contributed by atoms with E-state index in [1.807, 2.05) is 6.07 Å². The Balaban J connectivity index is 2.46. The van der Waals surface area contributed by atoms with E-state index in [0.29, 0.717) is 17.2 Å². The molecule has 1 aromatic heterocycles. The first-order valence-corrected chi connectivity index (χ1v) is 4.55. The zero-order chi connectivity index (χ0) is 11.5. The molecule has 0 saturated heterocycles. The standard InChI is InChI=1S/C11H9N3O2/c1-15-8-4-2-3-7(5-8)11-14-9(6-12)10(13)16-11/h2-5H,13H2,1H3. The highest BCUT2D eigenvalue weighted by Gasteiger charge is 2.11. The maximum atomic E-state index is 8.70. The number of rotatable bonds is 2. The van der Waals surface area contributed by atoms with Crippen LogP contribution in [-0.4, -0.2) is 12.1 Å². The van der Waals surface area contributed by atoms with Crippen LogP contribution in [0.5, 0.6) is 5.75 Å². The molecule has 80 valence electrons. The van der Waals surface area contributed by atoms with Crippen LogP contribution in [0.2, 0.25) is 0 Å². The Hall–Kier alpha value is -2.48. The van der Waals surface area contributed by atoms with Gasteiger partial charge < -0.3 is 14.9 Å². The number of nitrogen functional groups attached to an aromatic ring is 1. The third-order valence-corrected chi connectivity index (χ3v) is 2.08. The molecular formula is C11H9N3O2. The Morgan fingerprint density at radius 1 is 1.50 bits per heavy atom. The Morgan fingerprint density at radius 2 is 2.31 bits per heavy atom. The molecule has 2 aromatic rings. The zero-order valence-electron chi connectivity index (χ0n) is 8.60. The Bertz CT molecular complexity index is 555. The van der Waals surface area contributed by atoms with Crippen molar-refractivity contribution < 1.29 is 9.15 Å². The van der Waals surface area contributed by atoms with E-state index < -0.39 is 0 Å². The number of nitriles is 1. The minimum Gasteiger partial charge on any atom is -0.497 e. The molecule has 0 bridgehead atoms. The van der Waals surface area contributed by atoms with E-state index in [-0.39, 0.29) is 11.6 Å². The molecule has 16 heavy (non-hydrogen) atoms. The predicted molar refractivity (Wildman–Crippen MR) is 57.6 cm³/mol. The van der Waals surface area contributed by atoms with E-state index >= 15 is 0 Å². The molecule has 0 unspecified atom stereocenters. The fourth-order valence-electron chi connectivity index (χ4n) is 1.29. The van der Waals surface area contributed by atoms with Gasteiger partial charge in [0, 0.05) is 5.56 Å². The first kappa shape index (κ1) is 10.1. The van der Waals surface area contributed by atoms with Crippen LogP contribution in [0.3, 0.4) is 0 Å². The summed E-state index contributed by atoms with van der Waals surface area (Å²) in [6.07, 6.45) is 0. The second-order valence-corrected chi connectivity index (χ2v) is 3.08. The second-order valence-electron chi connectivity index (χ2n) is 3.08. The molecule has 0 radical (unpaired) electrons. The van der Waals surface area contributed by atoms with E-state index in [4.69, 9.17) is 20.1 Å². The molecule has 0 saturated carbocycles. The van der Waals surface area contributed by atoms with Gasteiger partial charge in [0.1, 0.15) is 11.8 Å². The smallest absolute Gasteiger partial charge is 0.230 e. The Labute approximate surface area is 92.1 Å². The highest BCUT2D eigenvalue weighted by molar-refractivity contribution is 5.59. The summed E-state index contributed by atoms with van der Waals surface area (Å²) in [5, 5.41) is 8.70. The highest BCUT2D eigenvalue weighted by Crippen LogP contribution is 2.25. The summed E-state index contributed by atoms with van der Waals surface area (Å²) in [5.74, 6) is 1.03. The van der Waals surface area contributed by atoms with Gasteiger partial charge in [-0.25, -0.2) is 0 Å². The van der Waals surface area contributed by atoms with Crippen molar-refractivity contribution in [2.24, 2.45) is 0 Å². The molecule has 1 heterocycles. The number of nitrogens with two attached hydrogens (primary N) is 1. The summed E-state index contributed by atoms with van der Waals surface area (Å²) in [6, 6.07) is 9.02. The summed E-state index contributed by atoms with van der Waals surface area (Å²) in [6.45, 7) is 0. The minimum absolute atomic E-state index is 0.0281. The van der Waals surface area contributed by atoms with E-state index in [1.54, 1.807) is 31.4 Å². The number of hydrogen-bond donors (Lipinski definition) is 1. The third-order valence-electron chi connectivity index (χ3n) is 2.08. The van der Waals surface area contributed by atoms with Crippen molar-refractivity contribution in [3.63, 3.8) is 0 Å². The largest absolute Gasteiger partial charge is 0.497 e. The van der Waals surface area contributed by atoms with Gasteiger partial charge in [-0.3, -0.25) is 0 Å². The average molecular weight is 215 g/mol. The van der Waals surface area contributed by atoms with Crippen LogP contribution in [0.15, 0.2) is 28.7 Å². The first-order valence-electron chi connectivity index (χ1n) is 4.55. The van der Waals surface area contributed by atoms with Crippen LogP contribution in [0.25, 0.3) is 11.5 Å². The monoisotopic (exact) mass is 215 g/mol. The van der Waals surface area contributed by atoms with Crippen molar-refractivity contribution in [2.45, 2.75) is 0 Å². The molecule has 5 heteroatoms. The highest BCUT2D eigenvalue weighted by atomic mass is 16.5. The molecule has 0 aliphatic rings. The topological polar surface area (TPSA) is 85.1 Å². The van der Waals surface area contributed by atoms with E-state index in [2.05, 4.69) is 4.98 Å². The molecule has 5 nitrogen and oxygen atoms in total. The summed E-state index contributed by atoms with van der Waals surface area (Å²) in [4.78, 5) is 3.97. The molecular weight excluding hydrogens is 206 g/mol. The van der Waals surface area contributed by atoms with E-state index in [9.17, 15) is 0 Å². The number of aromatic nitrogens is 1. The molecule has 1 aromatic carbocycles. The van der Waals surface area contributed by atoms with Crippen molar-refractivity contribution in [1.82, 2.24) is 4.98 Å². The lowest BCUT2D eigenvalue weighted by Crippen LogP contribution is -1.84. The number of anilines is 1. The van der Waals surface area contributed by atoms with Crippen LogP contribution < -0.4 is 10.5 Å². The lowest BCUT2D eigenvalue weighted by atomic mass is 10.2. The summed E-state index contributed by atoms with van der Waals surface area (Å²) in [5.41, 5.74) is 6.29. The summed E-state index contributed by atoms with van der Waals surface area (Å²) < 4.78 is 10.3. The molecule has 0 fully saturated rings. The van der Waals surface area contributed by atoms with Gasteiger partial charge in [0.25, 0.3) is 0 Å². The number of benzene rings is 1. The Morgan fingerprint density at radius 3 is 2.94 bits per heavy atom.